The van der Waals surface area contributed by atoms with E-state index < -0.39 is 0 Å². The Balaban J connectivity index is 1.89. The van der Waals surface area contributed by atoms with E-state index in [-0.39, 0.29) is 11.2 Å². The zero-order valence-corrected chi connectivity index (χ0v) is 12.1. The molecule has 4 heteroatoms. The fourth-order valence-electron chi connectivity index (χ4n) is 3.57. The first-order valence-electron chi connectivity index (χ1n) is 7.22. The number of nitrogens with zero attached hydrogens (tertiary/aromatic N) is 3. The molecule has 1 aliphatic heterocycles. The van der Waals surface area contributed by atoms with Gasteiger partial charge in [0.25, 0.3) is 0 Å². The quantitative estimate of drug-likeness (QED) is 0.779. The summed E-state index contributed by atoms with van der Waals surface area (Å²) in [7, 11) is 0. The van der Waals surface area contributed by atoms with Gasteiger partial charge < -0.3 is 9.64 Å². The molecule has 1 saturated heterocycles. The maximum absolute atomic E-state index is 6.42. The van der Waals surface area contributed by atoms with E-state index in [1.807, 2.05) is 6.92 Å². The number of anilines is 1. The van der Waals surface area contributed by atoms with Crippen molar-refractivity contribution in [1.29, 1.82) is 0 Å². The molecule has 104 valence electrons. The summed E-state index contributed by atoms with van der Waals surface area (Å²) in [5, 5.41) is 0. The molecule has 1 spiro atoms. The summed E-state index contributed by atoms with van der Waals surface area (Å²) in [6, 6.07) is 2.07. The molecule has 0 radical (unpaired) electrons. The largest absolute Gasteiger partial charge is 0.365 e. The van der Waals surface area contributed by atoms with Crippen molar-refractivity contribution in [3.05, 3.63) is 18.1 Å². The lowest BCUT2D eigenvalue weighted by Crippen LogP contribution is -2.59. The number of ether oxygens (including phenoxy) is 1. The van der Waals surface area contributed by atoms with Gasteiger partial charge in [0, 0.05) is 24.8 Å². The minimum Gasteiger partial charge on any atom is -0.365 e. The second kappa shape index (κ2) is 4.44. The molecule has 2 fully saturated rings. The van der Waals surface area contributed by atoms with Crippen LogP contribution in [-0.2, 0) is 4.74 Å². The van der Waals surface area contributed by atoms with E-state index >= 15 is 0 Å². The van der Waals surface area contributed by atoms with Crippen LogP contribution in [0.5, 0.6) is 0 Å². The fourth-order valence-corrected chi connectivity index (χ4v) is 3.57. The van der Waals surface area contributed by atoms with Gasteiger partial charge in [0.1, 0.15) is 12.1 Å². The van der Waals surface area contributed by atoms with Crippen LogP contribution in [0.15, 0.2) is 12.4 Å². The fraction of sp³-hybridized carbons (Fsp3) is 0.733. The standard InChI is InChI=1S/C15H23N3O/c1-12-8-13(17-11-16-12)18-9-14(2,3)19-15(10-18)6-4-5-7-15/h8,11H,4-7,9-10H2,1-3H3. The van der Waals surface area contributed by atoms with Gasteiger partial charge >= 0.3 is 0 Å². The van der Waals surface area contributed by atoms with Gasteiger partial charge in [-0.1, -0.05) is 12.8 Å². The van der Waals surface area contributed by atoms with Crippen LogP contribution in [0.4, 0.5) is 5.82 Å². The Hall–Kier alpha value is -1.16. The smallest absolute Gasteiger partial charge is 0.132 e. The van der Waals surface area contributed by atoms with E-state index in [1.165, 1.54) is 25.7 Å². The van der Waals surface area contributed by atoms with Crippen LogP contribution in [-0.4, -0.2) is 34.3 Å². The minimum absolute atomic E-state index is 0.0423. The molecule has 0 amide bonds. The van der Waals surface area contributed by atoms with Gasteiger partial charge in [-0.2, -0.15) is 0 Å². The second-order valence-corrected chi connectivity index (χ2v) is 6.63. The van der Waals surface area contributed by atoms with Crippen molar-refractivity contribution in [2.24, 2.45) is 0 Å². The third-order valence-electron chi connectivity index (χ3n) is 4.17. The topological polar surface area (TPSA) is 38.2 Å². The highest BCUT2D eigenvalue weighted by Gasteiger charge is 2.46. The lowest BCUT2D eigenvalue weighted by molar-refractivity contribution is -0.148. The van der Waals surface area contributed by atoms with Gasteiger partial charge in [0.2, 0.25) is 0 Å². The van der Waals surface area contributed by atoms with Crippen molar-refractivity contribution in [3.8, 4) is 0 Å². The van der Waals surface area contributed by atoms with Gasteiger partial charge in [0.05, 0.1) is 11.2 Å². The third kappa shape index (κ3) is 2.59. The highest BCUT2D eigenvalue weighted by Crippen LogP contribution is 2.41. The number of hydrogen-bond donors (Lipinski definition) is 0. The van der Waals surface area contributed by atoms with Crippen molar-refractivity contribution in [2.75, 3.05) is 18.0 Å². The summed E-state index contributed by atoms with van der Waals surface area (Å²) < 4.78 is 6.42. The molecule has 0 N–H and O–H groups in total. The Morgan fingerprint density at radius 3 is 2.58 bits per heavy atom. The molecule has 1 saturated carbocycles. The van der Waals surface area contributed by atoms with Crippen LogP contribution < -0.4 is 4.90 Å². The van der Waals surface area contributed by atoms with E-state index in [0.717, 1.165) is 24.6 Å². The van der Waals surface area contributed by atoms with E-state index in [2.05, 4.69) is 34.8 Å². The molecule has 3 rings (SSSR count). The zero-order valence-electron chi connectivity index (χ0n) is 12.1. The average Bonchev–Trinajstić information content (AvgIpc) is 2.74. The van der Waals surface area contributed by atoms with Gasteiger partial charge in [0.15, 0.2) is 0 Å². The summed E-state index contributed by atoms with van der Waals surface area (Å²) in [6.45, 7) is 8.25. The summed E-state index contributed by atoms with van der Waals surface area (Å²) in [6.07, 6.45) is 6.59. The lowest BCUT2D eigenvalue weighted by Gasteiger charge is -2.49. The maximum atomic E-state index is 6.42. The predicted molar refractivity (Wildman–Crippen MR) is 75.3 cm³/mol. The highest BCUT2D eigenvalue weighted by atomic mass is 16.5. The van der Waals surface area contributed by atoms with E-state index in [4.69, 9.17) is 4.74 Å². The summed E-state index contributed by atoms with van der Waals surface area (Å²) in [5.41, 5.74) is 0.956. The molecule has 1 aliphatic carbocycles. The number of aromatic nitrogens is 2. The first-order valence-corrected chi connectivity index (χ1v) is 7.22. The number of morpholine rings is 1. The first-order chi connectivity index (χ1) is 8.98. The Morgan fingerprint density at radius 2 is 1.89 bits per heavy atom. The normalized spacial score (nSPS) is 24.9. The monoisotopic (exact) mass is 261 g/mol. The Bertz CT molecular complexity index is 466. The maximum Gasteiger partial charge on any atom is 0.132 e. The average molecular weight is 261 g/mol. The summed E-state index contributed by atoms with van der Waals surface area (Å²) >= 11 is 0. The molecule has 19 heavy (non-hydrogen) atoms. The van der Waals surface area contributed by atoms with Crippen molar-refractivity contribution >= 4 is 5.82 Å². The summed E-state index contributed by atoms with van der Waals surface area (Å²) in [4.78, 5) is 11.0. The van der Waals surface area contributed by atoms with Crippen molar-refractivity contribution in [1.82, 2.24) is 9.97 Å². The summed E-state index contributed by atoms with van der Waals surface area (Å²) in [5.74, 6) is 1.04. The molecule has 2 aliphatic rings. The highest BCUT2D eigenvalue weighted by molar-refractivity contribution is 5.41. The first kappa shape index (κ1) is 12.9. The van der Waals surface area contributed by atoms with E-state index in [1.54, 1.807) is 6.33 Å². The lowest BCUT2D eigenvalue weighted by atomic mass is 9.94. The Kier molecular flexibility index (Phi) is 3.01. The van der Waals surface area contributed by atoms with Crippen molar-refractivity contribution < 1.29 is 4.74 Å². The van der Waals surface area contributed by atoms with E-state index in [9.17, 15) is 0 Å². The van der Waals surface area contributed by atoms with Gasteiger partial charge in [-0.05, 0) is 33.6 Å². The molecule has 0 bridgehead atoms. The van der Waals surface area contributed by atoms with E-state index in [0.29, 0.717) is 0 Å². The molecule has 0 aromatic carbocycles. The molecular formula is C15H23N3O. The van der Waals surface area contributed by atoms with Crippen molar-refractivity contribution in [3.63, 3.8) is 0 Å². The Morgan fingerprint density at radius 1 is 1.16 bits per heavy atom. The molecule has 0 atom stereocenters. The van der Waals surface area contributed by atoms with Crippen molar-refractivity contribution in [2.45, 2.75) is 57.7 Å². The molecule has 2 heterocycles. The van der Waals surface area contributed by atoms with Crippen LogP contribution in [0.2, 0.25) is 0 Å². The number of aryl methyl sites for hydroxylation is 1. The SMILES string of the molecule is Cc1cc(N2CC(C)(C)OC3(CCCC3)C2)ncn1. The van der Waals surface area contributed by atoms with Crippen LogP contribution in [0.1, 0.15) is 45.2 Å². The number of rotatable bonds is 1. The second-order valence-electron chi connectivity index (χ2n) is 6.63. The minimum atomic E-state index is -0.110. The molecule has 0 unspecified atom stereocenters. The van der Waals surface area contributed by atoms with Crippen LogP contribution >= 0.6 is 0 Å². The van der Waals surface area contributed by atoms with Gasteiger partial charge in [-0.15, -0.1) is 0 Å². The Labute approximate surface area is 115 Å². The zero-order chi connectivity index (χ0) is 13.5. The van der Waals surface area contributed by atoms with Crippen LogP contribution in [0.3, 0.4) is 0 Å². The molecule has 4 nitrogen and oxygen atoms in total. The number of hydrogen-bond acceptors (Lipinski definition) is 4. The van der Waals surface area contributed by atoms with Gasteiger partial charge in [-0.25, -0.2) is 9.97 Å². The predicted octanol–water partition coefficient (Wildman–Crippen LogP) is 2.71. The molecule has 1 aromatic rings. The van der Waals surface area contributed by atoms with Crippen LogP contribution in [0, 0.1) is 6.92 Å². The van der Waals surface area contributed by atoms with Gasteiger partial charge in [-0.3, -0.25) is 0 Å². The van der Waals surface area contributed by atoms with Crippen LogP contribution in [0.25, 0.3) is 0 Å². The third-order valence-corrected chi connectivity index (χ3v) is 4.17. The molecular weight excluding hydrogens is 238 g/mol. The molecule has 1 aromatic heterocycles.